The molecule has 0 saturated carbocycles. The average Bonchev–Trinajstić information content (AvgIpc) is 2.68. The Balaban J connectivity index is 2.07. The minimum absolute atomic E-state index is 0.121. The molecular weight excluding hydrogens is 356 g/mol. The highest BCUT2D eigenvalue weighted by Crippen LogP contribution is 2.42. The number of alkyl halides is 2. The van der Waals surface area contributed by atoms with Gasteiger partial charge in [-0.15, -0.1) is 0 Å². The molecule has 4 aromatic rings. The third kappa shape index (κ3) is 2.37. The summed E-state index contributed by atoms with van der Waals surface area (Å²) in [6, 6.07) is 20.0. The van der Waals surface area contributed by atoms with Crippen LogP contribution in [0.25, 0.3) is 21.7 Å². The summed E-state index contributed by atoms with van der Waals surface area (Å²) in [6.45, 7) is 0. The van der Waals surface area contributed by atoms with Gasteiger partial charge in [-0.05, 0) is 23.6 Å². The maximum absolute atomic E-state index is 15.2. The first-order valence-electron chi connectivity index (χ1n) is 7.88. The molecule has 0 amide bonds. The van der Waals surface area contributed by atoms with E-state index in [1.54, 1.807) is 48.5 Å². The van der Waals surface area contributed by atoms with Crippen LogP contribution in [-0.2, 0) is 15.1 Å². The van der Waals surface area contributed by atoms with Gasteiger partial charge >= 0.3 is 5.25 Å². The Kier molecular flexibility index (Phi) is 3.73. The molecule has 3 nitrogen and oxygen atoms in total. The van der Waals surface area contributed by atoms with Crippen LogP contribution in [0.2, 0.25) is 0 Å². The number of fused-ring (bicyclic) bond motifs is 3. The zero-order chi connectivity index (χ0) is 18.4. The smallest absolute Gasteiger partial charge is 0.245 e. The number of halogens is 2. The average molecular weight is 369 g/mol. The highest BCUT2D eigenvalue weighted by atomic mass is 32.2. The van der Waals surface area contributed by atoms with Gasteiger partial charge in [-0.1, -0.05) is 60.7 Å². The molecule has 0 unspecified atom stereocenters. The SMILES string of the molecule is O=S(=O)(c1ccccc1)C(F)(F)c1nc2ccccc2c2ccccc12. The predicted octanol–water partition coefficient (Wildman–Crippen LogP) is 4.91. The number of pyridine rings is 1. The fourth-order valence-electron chi connectivity index (χ4n) is 3.00. The Morgan fingerprint density at radius 3 is 1.92 bits per heavy atom. The van der Waals surface area contributed by atoms with E-state index < -0.39 is 25.7 Å². The molecule has 1 aromatic heterocycles. The molecule has 0 radical (unpaired) electrons. The minimum Gasteiger partial charge on any atom is -0.245 e. The second-order valence-corrected chi connectivity index (χ2v) is 7.85. The molecule has 0 N–H and O–H groups in total. The topological polar surface area (TPSA) is 47.0 Å². The molecule has 0 bridgehead atoms. The van der Waals surface area contributed by atoms with Gasteiger partial charge in [0.2, 0.25) is 9.84 Å². The Morgan fingerprint density at radius 1 is 0.692 bits per heavy atom. The Bertz CT molecular complexity index is 1220. The van der Waals surface area contributed by atoms with E-state index in [4.69, 9.17) is 0 Å². The van der Waals surface area contributed by atoms with Crippen molar-refractivity contribution >= 4 is 31.5 Å². The van der Waals surface area contributed by atoms with Gasteiger partial charge in [-0.3, -0.25) is 0 Å². The predicted molar refractivity (Wildman–Crippen MR) is 96.8 cm³/mol. The number of benzene rings is 3. The van der Waals surface area contributed by atoms with Crippen molar-refractivity contribution in [3.05, 3.63) is 84.6 Å². The first-order chi connectivity index (χ1) is 12.4. The number of hydrogen-bond donors (Lipinski definition) is 0. The molecule has 26 heavy (non-hydrogen) atoms. The van der Waals surface area contributed by atoms with Crippen LogP contribution < -0.4 is 0 Å². The van der Waals surface area contributed by atoms with Crippen LogP contribution in [0.4, 0.5) is 8.78 Å². The largest absolute Gasteiger partial charge is 0.392 e. The van der Waals surface area contributed by atoms with E-state index >= 15 is 8.78 Å². The second kappa shape index (κ2) is 5.85. The zero-order valence-electron chi connectivity index (χ0n) is 13.4. The number of rotatable bonds is 3. The van der Waals surface area contributed by atoms with Crippen molar-refractivity contribution < 1.29 is 17.2 Å². The molecule has 0 fully saturated rings. The Morgan fingerprint density at radius 2 is 1.23 bits per heavy atom. The summed E-state index contributed by atoms with van der Waals surface area (Å²) in [5, 5.41) is -2.82. The van der Waals surface area contributed by atoms with E-state index in [0.717, 1.165) is 12.1 Å². The molecule has 0 saturated heterocycles. The van der Waals surface area contributed by atoms with Crippen molar-refractivity contribution in [1.29, 1.82) is 0 Å². The van der Waals surface area contributed by atoms with Crippen LogP contribution in [-0.4, -0.2) is 13.4 Å². The van der Waals surface area contributed by atoms with E-state index in [9.17, 15) is 8.42 Å². The lowest BCUT2D eigenvalue weighted by Crippen LogP contribution is -2.28. The number of para-hydroxylation sites is 1. The molecule has 6 heteroatoms. The summed E-state index contributed by atoms with van der Waals surface area (Å²) in [4.78, 5) is 3.60. The Hall–Kier alpha value is -2.86. The lowest BCUT2D eigenvalue weighted by atomic mass is 10.0. The van der Waals surface area contributed by atoms with E-state index in [-0.39, 0.29) is 5.39 Å². The first-order valence-corrected chi connectivity index (χ1v) is 9.37. The van der Waals surface area contributed by atoms with Gasteiger partial charge in [0, 0.05) is 10.8 Å². The van der Waals surface area contributed by atoms with E-state index in [0.29, 0.717) is 16.3 Å². The van der Waals surface area contributed by atoms with E-state index in [1.165, 1.54) is 18.2 Å². The quantitative estimate of drug-likeness (QED) is 0.482. The second-order valence-electron chi connectivity index (χ2n) is 5.86. The van der Waals surface area contributed by atoms with Gasteiger partial charge in [0.05, 0.1) is 10.4 Å². The van der Waals surface area contributed by atoms with Gasteiger partial charge < -0.3 is 0 Å². The fraction of sp³-hybridized carbons (Fsp3) is 0.0500. The van der Waals surface area contributed by atoms with Gasteiger partial charge in [0.25, 0.3) is 0 Å². The summed E-state index contributed by atoms with van der Waals surface area (Å²) in [5.74, 6) is 0. The third-order valence-electron chi connectivity index (χ3n) is 4.28. The van der Waals surface area contributed by atoms with Gasteiger partial charge in [0.15, 0.2) is 0 Å². The molecule has 130 valence electrons. The van der Waals surface area contributed by atoms with Gasteiger partial charge in [0.1, 0.15) is 5.69 Å². The van der Waals surface area contributed by atoms with Crippen LogP contribution in [0.15, 0.2) is 83.8 Å². The number of hydrogen-bond acceptors (Lipinski definition) is 3. The van der Waals surface area contributed by atoms with Gasteiger partial charge in [-0.25, -0.2) is 13.4 Å². The Labute approximate surface area is 148 Å². The monoisotopic (exact) mass is 369 g/mol. The normalized spacial score (nSPS) is 12.5. The summed E-state index contributed by atoms with van der Waals surface area (Å²) < 4.78 is 55.7. The van der Waals surface area contributed by atoms with Crippen molar-refractivity contribution in [2.24, 2.45) is 0 Å². The van der Waals surface area contributed by atoms with Crippen molar-refractivity contribution in [2.75, 3.05) is 0 Å². The molecule has 0 aliphatic heterocycles. The van der Waals surface area contributed by atoms with Crippen LogP contribution in [0.1, 0.15) is 5.69 Å². The van der Waals surface area contributed by atoms with Crippen LogP contribution in [0.3, 0.4) is 0 Å². The van der Waals surface area contributed by atoms with Crippen LogP contribution >= 0.6 is 0 Å². The summed E-state index contributed by atoms with van der Waals surface area (Å²) >= 11 is 0. The molecule has 4 rings (SSSR count). The zero-order valence-corrected chi connectivity index (χ0v) is 14.2. The lowest BCUT2D eigenvalue weighted by Gasteiger charge is -2.19. The van der Waals surface area contributed by atoms with E-state index in [2.05, 4.69) is 4.98 Å². The molecular formula is C20H13F2NO2S. The van der Waals surface area contributed by atoms with Crippen molar-refractivity contribution in [3.63, 3.8) is 0 Å². The third-order valence-corrected chi connectivity index (χ3v) is 6.04. The minimum atomic E-state index is -4.95. The molecule has 0 aliphatic rings. The molecule has 3 aromatic carbocycles. The number of sulfone groups is 1. The van der Waals surface area contributed by atoms with Crippen molar-refractivity contribution in [1.82, 2.24) is 4.98 Å². The highest BCUT2D eigenvalue weighted by Gasteiger charge is 2.50. The maximum atomic E-state index is 15.2. The van der Waals surface area contributed by atoms with E-state index in [1.807, 2.05) is 0 Å². The summed E-state index contributed by atoms with van der Waals surface area (Å²) in [6.07, 6.45) is 0. The standard InChI is InChI=1S/C20H13F2NO2S/c21-20(22,26(24,25)14-8-2-1-3-9-14)19-17-12-5-4-10-15(17)16-11-6-7-13-18(16)23-19/h1-13H. The summed E-state index contributed by atoms with van der Waals surface area (Å²) in [7, 11) is -4.95. The molecule has 0 atom stereocenters. The number of aromatic nitrogens is 1. The molecule has 1 heterocycles. The summed E-state index contributed by atoms with van der Waals surface area (Å²) in [5.41, 5.74) is -0.431. The van der Waals surface area contributed by atoms with Gasteiger partial charge in [-0.2, -0.15) is 8.78 Å². The maximum Gasteiger partial charge on any atom is 0.392 e. The first kappa shape index (κ1) is 16.6. The molecule has 0 spiro atoms. The van der Waals surface area contributed by atoms with Crippen LogP contribution in [0, 0.1) is 0 Å². The fourth-order valence-corrected chi connectivity index (χ4v) is 4.22. The van der Waals surface area contributed by atoms with Crippen molar-refractivity contribution in [2.45, 2.75) is 10.2 Å². The van der Waals surface area contributed by atoms with Crippen molar-refractivity contribution in [3.8, 4) is 0 Å². The number of nitrogens with zero attached hydrogens (tertiary/aromatic N) is 1. The lowest BCUT2D eigenvalue weighted by molar-refractivity contribution is 0.0878. The molecule has 0 aliphatic carbocycles. The van der Waals surface area contributed by atoms with Crippen LogP contribution in [0.5, 0.6) is 0 Å². The highest BCUT2D eigenvalue weighted by molar-refractivity contribution is 7.92.